The highest BCUT2D eigenvalue weighted by molar-refractivity contribution is 5.95. The van der Waals surface area contributed by atoms with Crippen LogP contribution in [0.1, 0.15) is 53.5 Å². The molecule has 0 bridgehead atoms. The van der Waals surface area contributed by atoms with Crippen LogP contribution in [0.2, 0.25) is 0 Å². The van der Waals surface area contributed by atoms with E-state index in [1.807, 2.05) is 41.0 Å². The highest BCUT2D eigenvalue weighted by atomic mass is 16.2. The van der Waals surface area contributed by atoms with Crippen molar-refractivity contribution in [1.82, 2.24) is 24.6 Å². The van der Waals surface area contributed by atoms with Crippen molar-refractivity contribution in [2.24, 2.45) is 7.05 Å². The van der Waals surface area contributed by atoms with Gasteiger partial charge in [0.05, 0.1) is 12.2 Å². The highest BCUT2D eigenvalue weighted by Gasteiger charge is 2.31. The molecule has 0 spiro atoms. The van der Waals surface area contributed by atoms with Crippen LogP contribution in [0.3, 0.4) is 0 Å². The van der Waals surface area contributed by atoms with E-state index in [4.69, 9.17) is 9.97 Å². The highest BCUT2D eigenvalue weighted by Crippen LogP contribution is 2.33. The Labute approximate surface area is 189 Å². The Morgan fingerprint density at radius 1 is 1.06 bits per heavy atom. The lowest BCUT2D eigenvalue weighted by Crippen LogP contribution is -2.38. The zero-order valence-corrected chi connectivity index (χ0v) is 18.9. The number of benzene rings is 1. The van der Waals surface area contributed by atoms with E-state index in [0.717, 1.165) is 67.4 Å². The van der Waals surface area contributed by atoms with Crippen molar-refractivity contribution < 1.29 is 4.79 Å². The van der Waals surface area contributed by atoms with Crippen LogP contribution >= 0.6 is 0 Å². The van der Waals surface area contributed by atoms with Crippen LogP contribution in [0.25, 0.3) is 0 Å². The summed E-state index contributed by atoms with van der Waals surface area (Å²) in [7, 11) is 1.99. The number of amides is 1. The maximum Gasteiger partial charge on any atom is 0.228 e. The van der Waals surface area contributed by atoms with Gasteiger partial charge in [-0.25, -0.2) is 9.97 Å². The van der Waals surface area contributed by atoms with Crippen molar-refractivity contribution in [3.05, 3.63) is 70.9 Å². The largest absolute Gasteiger partial charge is 0.297 e. The van der Waals surface area contributed by atoms with Crippen LogP contribution in [0.15, 0.2) is 42.6 Å². The van der Waals surface area contributed by atoms with Crippen LogP contribution in [0.4, 0.5) is 5.82 Å². The number of hydrogen-bond acceptors (Lipinski definition) is 5. The summed E-state index contributed by atoms with van der Waals surface area (Å²) < 4.78 is 1.94. The van der Waals surface area contributed by atoms with Crippen LogP contribution in [0, 0.1) is 6.92 Å². The van der Waals surface area contributed by atoms with E-state index < -0.39 is 0 Å². The second kappa shape index (κ2) is 8.82. The van der Waals surface area contributed by atoms with Crippen molar-refractivity contribution in [2.75, 3.05) is 18.0 Å². The number of aryl methyl sites for hydroxylation is 2. The molecule has 166 valence electrons. The number of carbonyl (C=O) groups is 1. The normalized spacial score (nSPS) is 19.2. The van der Waals surface area contributed by atoms with E-state index in [1.165, 1.54) is 5.69 Å². The zero-order valence-electron chi connectivity index (χ0n) is 18.9. The Morgan fingerprint density at radius 2 is 1.91 bits per heavy atom. The molecule has 2 aliphatic heterocycles. The summed E-state index contributed by atoms with van der Waals surface area (Å²) in [4.78, 5) is 27.2. The smallest absolute Gasteiger partial charge is 0.228 e. The number of nitrogens with zero attached hydrogens (tertiary/aromatic N) is 6. The predicted octanol–water partition coefficient (Wildman–Crippen LogP) is 3.38. The lowest BCUT2D eigenvalue weighted by Gasteiger charge is -2.34. The SMILES string of the molecule is Cc1nc([C@@H]2CCCN(Cc3ccnn3C)C2)nc2c1CCC(=O)N2Cc1ccccc1. The van der Waals surface area contributed by atoms with E-state index in [9.17, 15) is 4.79 Å². The van der Waals surface area contributed by atoms with Gasteiger partial charge in [-0.1, -0.05) is 30.3 Å². The number of rotatable bonds is 5. The van der Waals surface area contributed by atoms with Crippen molar-refractivity contribution in [1.29, 1.82) is 0 Å². The Balaban J connectivity index is 1.41. The second-order valence-electron chi connectivity index (χ2n) is 8.96. The molecule has 0 unspecified atom stereocenters. The third kappa shape index (κ3) is 4.17. The molecule has 7 nitrogen and oxygen atoms in total. The first kappa shape index (κ1) is 20.8. The van der Waals surface area contributed by atoms with Crippen molar-refractivity contribution in [2.45, 2.75) is 51.6 Å². The second-order valence-corrected chi connectivity index (χ2v) is 8.96. The number of hydrogen-bond donors (Lipinski definition) is 0. The lowest BCUT2D eigenvalue weighted by molar-refractivity contribution is -0.119. The van der Waals surface area contributed by atoms with Gasteiger partial charge >= 0.3 is 0 Å². The average Bonchev–Trinajstić information content (AvgIpc) is 3.21. The first-order valence-electron chi connectivity index (χ1n) is 11.5. The van der Waals surface area contributed by atoms with E-state index in [2.05, 4.69) is 35.1 Å². The molecule has 4 heterocycles. The molecule has 5 rings (SSSR count). The van der Waals surface area contributed by atoms with Gasteiger partial charge < -0.3 is 0 Å². The average molecular weight is 431 g/mol. The van der Waals surface area contributed by atoms with Gasteiger partial charge in [0, 0.05) is 49.9 Å². The van der Waals surface area contributed by atoms with Gasteiger partial charge in [0.25, 0.3) is 0 Å². The molecule has 3 aromatic rings. The quantitative estimate of drug-likeness (QED) is 0.621. The molecule has 1 atom stereocenters. The fourth-order valence-corrected chi connectivity index (χ4v) is 4.91. The molecule has 0 saturated carbocycles. The molecule has 0 aliphatic carbocycles. The molecule has 7 heteroatoms. The molecule has 1 amide bonds. The van der Waals surface area contributed by atoms with Crippen molar-refractivity contribution >= 4 is 11.7 Å². The Morgan fingerprint density at radius 3 is 2.69 bits per heavy atom. The maximum absolute atomic E-state index is 12.9. The summed E-state index contributed by atoms with van der Waals surface area (Å²) >= 11 is 0. The van der Waals surface area contributed by atoms with Gasteiger partial charge in [-0.2, -0.15) is 5.10 Å². The van der Waals surface area contributed by atoms with E-state index in [-0.39, 0.29) is 11.8 Å². The summed E-state index contributed by atoms with van der Waals surface area (Å²) in [6.45, 7) is 5.51. The standard InChI is InChI=1S/C25H30N6O/c1-18-22-10-11-23(32)31(15-19-7-4-3-5-8-19)25(22)28-24(27-18)20-9-6-14-30(16-20)17-21-12-13-26-29(21)2/h3-5,7-8,12-13,20H,6,9-11,14-17H2,1-2H3/t20-/m1/s1. The fourth-order valence-electron chi connectivity index (χ4n) is 4.91. The molecule has 1 saturated heterocycles. The van der Waals surface area contributed by atoms with Crippen LogP contribution in [0.5, 0.6) is 0 Å². The summed E-state index contributed by atoms with van der Waals surface area (Å²) in [6.07, 6.45) is 5.29. The number of fused-ring (bicyclic) bond motifs is 1. The molecule has 0 N–H and O–H groups in total. The Hall–Kier alpha value is -3.06. The number of piperidine rings is 1. The van der Waals surface area contributed by atoms with Crippen LogP contribution in [-0.4, -0.2) is 43.6 Å². The molecule has 0 radical (unpaired) electrons. The number of anilines is 1. The lowest BCUT2D eigenvalue weighted by atomic mass is 9.95. The summed E-state index contributed by atoms with van der Waals surface area (Å²) in [5.41, 5.74) is 4.46. The van der Waals surface area contributed by atoms with Crippen LogP contribution < -0.4 is 4.90 Å². The van der Waals surface area contributed by atoms with E-state index >= 15 is 0 Å². The molecule has 2 aromatic heterocycles. The minimum atomic E-state index is 0.145. The van der Waals surface area contributed by atoms with Gasteiger partial charge in [0.15, 0.2) is 0 Å². The summed E-state index contributed by atoms with van der Waals surface area (Å²) in [5.74, 6) is 2.11. The van der Waals surface area contributed by atoms with Gasteiger partial charge in [-0.15, -0.1) is 0 Å². The molecular weight excluding hydrogens is 400 g/mol. The molecule has 1 fully saturated rings. The third-order valence-electron chi connectivity index (χ3n) is 6.72. The Kier molecular flexibility index (Phi) is 5.74. The first-order valence-corrected chi connectivity index (χ1v) is 11.5. The summed E-state index contributed by atoms with van der Waals surface area (Å²) in [5, 5.41) is 4.30. The maximum atomic E-state index is 12.9. The molecule has 2 aliphatic rings. The zero-order chi connectivity index (χ0) is 22.1. The fraction of sp³-hybridized carbons (Fsp3) is 0.440. The van der Waals surface area contributed by atoms with Crippen LogP contribution in [-0.2, 0) is 31.4 Å². The van der Waals surface area contributed by atoms with E-state index in [1.54, 1.807) is 0 Å². The number of carbonyl (C=O) groups excluding carboxylic acids is 1. The van der Waals surface area contributed by atoms with Gasteiger partial charge in [-0.05, 0) is 44.4 Å². The van der Waals surface area contributed by atoms with Gasteiger partial charge in [-0.3, -0.25) is 19.3 Å². The topological polar surface area (TPSA) is 67.2 Å². The molecular formula is C25H30N6O. The monoisotopic (exact) mass is 430 g/mol. The third-order valence-corrected chi connectivity index (χ3v) is 6.72. The number of aromatic nitrogens is 4. The summed E-state index contributed by atoms with van der Waals surface area (Å²) in [6, 6.07) is 12.2. The van der Waals surface area contributed by atoms with Crippen molar-refractivity contribution in [3.8, 4) is 0 Å². The minimum Gasteiger partial charge on any atom is -0.297 e. The molecule has 32 heavy (non-hydrogen) atoms. The van der Waals surface area contributed by atoms with Gasteiger partial charge in [0.1, 0.15) is 11.6 Å². The Bertz CT molecular complexity index is 1110. The predicted molar refractivity (Wildman–Crippen MR) is 123 cm³/mol. The first-order chi connectivity index (χ1) is 15.6. The van der Waals surface area contributed by atoms with Gasteiger partial charge in [0.2, 0.25) is 5.91 Å². The van der Waals surface area contributed by atoms with E-state index in [0.29, 0.717) is 13.0 Å². The molecule has 1 aromatic carbocycles. The number of likely N-dealkylation sites (tertiary alicyclic amines) is 1. The minimum absolute atomic E-state index is 0.145. The van der Waals surface area contributed by atoms with Crippen molar-refractivity contribution in [3.63, 3.8) is 0 Å².